The number of esters is 1. The van der Waals surface area contributed by atoms with Crippen LogP contribution in [0.5, 0.6) is 11.5 Å². The number of phenols is 1. The highest BCUT2D eigenvalue weighted by atomic mass is 33.1. The molecule has 3 fully saturated rings. The van der Waals surface area contributed by atoms with Gasteiger partial charge in [-0.1, -0.05) is 59.8 Å². The molecule has 1 amide bonds. The van der Waals surface area contributed by atoms with Crippen LogP contribution in [-0.2, 0) is 33.7 Å². The van der Waals surface area contributed by atoms with Crippen molar-refractivity contribution in [2.45, 2.75) is 165 Å². The largest absolute Gasteiger partial charge is 0.504 e. The van der Waals surface area contributed by atoms with Gasteiger partial charge in [0.15, 0.2) is 17.5 Å². The summed E-state index contributed by atoms with van der Waals surface area (Å²) >= 11 is 0. The first-order chi connectivity index (χ1) is 28.5. The molecule has 326 valence electrons. The second-order valence-corrected chi connectivity index (χ2v) is 21.0. The maximum atomic E-state index is 14.2. The Labute approximate surface area is 358 Å². The van der Waals surface area contributed by atoms with Crippen molar-refractivity contribution in [3.8, 4) is 11.5 Å². The summed E-state index contributed by atoms with van der Waals surface area (Å²) in [4.78, 5) is 33.1. The number of nitrogens with two attached hydrogens (primary N) is 2. The van der Waals surface area contributed by atoms with E-state index in [0.29, 0.717) is 93.6 Å². The molecule has 4 aliphatic heterocycles. The number of hydrogen-bond donors (Lipinski definition) is 6. The fourth-order valence-corrected chi connectivity index (χ4v) is 13.6. The minimum atomic E-state index is -0.563. The van der Waals surface area contributed by atoms with Crippen molar-refractivity contribution < 1.29 is 29.3 Å². The number of allylic oxidation sites excluding steroid dienone is 2. The Hall–Kier alpha value is -3.23. The van der Waals surface area contributed by atoms with Crippen molar-refractivity contribution in [3.63, 3.8) is 0 Å². The zero-order valence-corrected chi connectivity index (χ0v) is 36.7. The van der Waals surface area contributed by atoms with Crippen LogP contribution in [0.4, 0.5) is 0 Å². The Balaban J connectivity index is 1.19. The number of guanidine groups is 1. The Morgan fingerprint density at radius 1 is 1.03 bits per heavy atom. The fourth-order valence-electron chi connectivity index (χ4n) is 10.5. The van der Waals surface area contributed by atoms with E-state index in [4.69, 9.17) is 25.9 Å². The number of aliphatic hydroxyl groups excluding tert-OH is 1. The molecule has 5 atom stereocenters. The van der Waals surface area contributed by atoms with Crippen molar-refractivity contribution >= 4 is 39.4 Å². The smallest absolute Gasteiger partial charge is 0.302 e. The van der Waals surface area contributed by atoms with Crippen molar-refractivity contribution in [2.75, 3.05) is 25.4 Å². The molecule has 59 heavy (non-hydrogen) atoms. The lowest BCUT2D eigenvalue weighted by atomic mass is 9.77. The second kappa shape index (κ2) is 20.1. The summed E-state index contributed by atoms with van der Waals surface area (Å²) in [5.41, 5.74) is 16.3. The zero-order valence-electron chi connectivity index (χ0n) is 35.1. The summed E-state index contributed by atoms with van der Waals surface area (Å²) in [5.74, 6) is 2.95. The molecule has 1 aromatic carbocycles. The number of aliphatic imine (C=N–C) groups is 1. The molecule has 8 N–H and O–H groups in total. The van der Waals surface area contributed by atoms with E-state index in [1.54, 1.807) is 0 Å². The topological polar surface area (TPSA) is 185 Å². The van der Waals surface area contributed by atoms with Gasteiger partial charge >= 0.3 is 5.97 Å². The molecular weight excluding hydrogens is 785 g/mol. The first kappa shape index (κ1) is 43.8. The van der Waals surface area contributed by atoms with Gasteiger partial charge < -0.3 is 46.7 Å². The van der Waals surface area contributed by atoms with E-state index in [-0.39, 0.29) is 35.1 Å². The van der Waals surface area contributed by atoms with Crippen LogP contribution in [0.15, 0.2) is 34.6 Å². The van der Waals surface area contributed by atoms with Crippen LogP contribution in [0.2, 0.25) is 0 Å². The molecule has 7 rings (SSSR count). The molecule has 4 heterocycles. The highest BCUT2D eigenvalue weighted by molar-refractivity contribution is 8.77. The van der Waals surface area contributed by atoms with Gasteiger partial charge in [-0.2, -0.15) is 0 Å². The van der Waals surface area contributed by atoms with Crippen LogP contribution in [0, 0.1) is 11.3 Å². The SMILES string of the molecule is CC(=O)O[C@@H]1CCc2cc(c(O)c3c2CC[C@H]2CCC[C@H]2O3)CN2C[C@@](CC3=CCNC(N)=C3)(CCN=C(N)NC3(CCCC3)SSCCCCCC[C@H](O)C1)CC2=O. The number of rotatable bonds is 3. The van der Waals surface area contributed by atoms with Crippen LogP contribution >= 0.6 is 21.6 Å². The third-order valence-corrected chi connectivity index (χ3v) is 16.8. The van der Waals surface area contributed by atoms with E-state index in [1.165, 1.54) is 6.92 Å². The number of benzene rings is 1. The number of carbonyl (C=O) groups is 2. The molecule has 0 aromatic heterocycles. The number of amides is 1. The lowest BCUT2D eigenvalue weighted by Crippen LogP contribution is -2.47. The summed E-state index contributed by atoms with van der Waals surface area (Å²) in [5, 5.41) is 30.0. The zero-order chi connectivity index (χ0) is 41.4. The van der Waals surface area contributed by atoms with E-state index in [9.17, 15) is 19.8 Å². The van der Waals surface area contributed by atoms with E-state index < -0.39 is 17.6 Å². The van der Waals surface area contributed by atoms with Gasteiger partial charge in [0.1, 0.15) is 12.2 Å². The number of fused-ring (bicyclic) bond motifs is 7. The summed E-state index contributed by atoms with van der Waals surface area (Å²) in [7, 11) is 3.80. The van der Waals surface area contributed by atoms with Crippen LogP contribution in [0.3, 0.4) is 0 Å². The van der Waals surface area contributed by atoms with E-state index >= 15 is 0 Å². The van der Waals surface area contributed by atoms with E-state index in [2.05, 4.69) is 22.8 Å². The maximum absolute atomic E-state index is 14.2. The number of dihydropyridines is 1. The van der Waals surface area contributed by atoms with Crippen molar-refractivity contribution in [1.82, 2.24) is 15.5 Å². The Morgan fingerprint density at radius 2 is 1.86 bits per heavy atom. The number of aliphatic hydroxyl groups is 1. The molecule has 1 aromatic rings. The summed E-state index contributed by atoms with van der Waals surface area (Å²) < 4.78 is 12.6. The highest BCUT2D eigenvalue weighted by Gasteiger charge is 2.44. The quantitative estimate of drug-likeness (QED) is 0.138. The van der Waals surface area contributed by atoms with Gasteiger partial charge in [0, 0.05) is 68.2 Å². The van der Waals surface area contributed by atoms with Gasteiger partial charge in [-0.05, 0) is 113 Å². The number of aromatic hydroxyl groups is 1. The molecule has 0 unspecified atom stereocenters. The monoisotopic (exact) mass is 852 g/mol. The molecule has 6 aliphatic rings. The van der Waals surface area contributed by atoms with E-state index in [0.717, 1.165) is 106 Å². The summed E-state index contributed by atoms with van der Waals surface area (Å²) in [6.45, 7) is 3.32. The standard InChI is InChI=1S/C45H68N6O6S2/c1-30(52)56-36-14-12-33-24-34(41(55)42-37(33)15-13-32-9-8-11-38(32)57-42)28-51-29-44(27-40(51)54,26-31-16-20-48-39(46)23-31)19-21-49-43(47)50-45(17-5-6-18-45)59-58-22-7-3-2-4-10-35(53)25-36/h16,23-24,32,35-36,38,48,53,55H,2-15,17-22,25-29,46H2,1H3,(H3,47,49,50)/t32-,35+,36-,38-,44-/m1/s1. The lowest BCUT2D eigenvalue weighted by Gasteiger charge is -2.31. The van der Waals surface area contributed by atoms with Crippen LogP contribution < -0.4 is 26.8 Å². The molecule has 1 saturated heterocycles. The summed E-state index contributed by atoms with van der Waals surface area (Å²) in [6, 6.07) is 2.06. The Morgan fingerprint density at radius 3 is 2.68 bits per heavy atom. The molecule has 0 radical (unpaired) electrons. The third-order valence-electron chi connectivity index (χ3n) is 13.5. The molecule has 2 saturated carbocycles. The second-order valence-electron chi connectivity index (χ2n) is 18.2. The number of nitrogens with one attached hydrogen (secondary N) is 2. The van der Waals surface area contributed by atoms with Crippen molar-refractivity contribution in [1.29, 1.82) is 0 Å². The number of ether oxygens (including phenoxy) is 2. The van der Waals surface area contributed by atoms with Crippen LogP contribution in [-0.4, -0.2) is 81.5 Å². The van der Waals surface area contributed by atoms with Gasteiger partial charge in [-0.25, -0.2) is 0 Å². The fraction of sp³-hybridized carbons (Fsp3) is 0.711. The van der Waals surface area contributed by atoms with Gasteiger partial charge in [-0.15, -0.1) is 0 Å². The first-order valence-corrected chi connectivity index (χ1v) is 24.8. The molecule has 14 heteroatoms. The van der Waals surface area contributed by atoms with E-state index in [1.807, 2.05) is 32.6 Å². The maximum Gasteiger partial charge on any atom is 0.302 e. The average Bonchev–Trinajstić information content (AvgIpc) is 3.88. The highest BCUT2D eigenvalue weighted by Crippen LogP contribution is 2.48. The van der Waals surface area contributed by atoms with Crippen molar-refractivity contribution in [3.05, 3.63) is 46.3 Å². The Bertz CT molecular complexity index is 1750. The van der Waals surface area contributed by atoms with Crippen LogP contribution in [0.25, 0.3) is 0 Å². The number of nitrogens with zero attached hydrogens (tertiary/aromatic N) is 2. The average molecular weight is 853 g/mol. The number of phenolic OH excluding ortho intramolecular Hbond substituents is 1. The third kappa shape index (κ3) is 11.6. The van der Waals surface area contributed by atoms with Gasteiger partial charge in [0.2, 0.25) is 5.91 Å². The van der Waals surface area contributed by atoms with Gasteiger partial charge in [0.25, 0.3) is 0 Å². The first-order valence-electron chi connectivity index (χ1n) is 22.4. The Kier molecular flexibility index (Phi) is 14.9. The minimum absolute atomic E-state index is 0.0406. The molecular formula is C45H68N6O6S2. The molecule has 4 bridgehead atoms. The predicted molar refractivity (Wildman–Crippen MR) is 237 cm³/mol. The van der Waals surface area contributed by atoms with Crippen molar-refractivity contribution in [2.24, 2.45) is 27.8 Å². The number of aryl methyl sites for hydroxylation is 1. The van der Waals surface area contributed by atoms with Gasteiger partial charge in [-0.3, -0.25) is 14.6 Å². The lowest BCUT2D eigenvalue weighted by molar-refractivity contribution is -0.148. The minimum Gasteiger partial charge on any atom is -0.504 e. The molecule has 12 nitrogen and oxygen atoms in total. The van der Waals surface area contributed by atoms with Gasteiger partial charge in [0.05, 0.1) is 16.8 Å². The number of carbonyl (C=O) groups excluding carboxylic acids is 2. The summed E-state index contributed by atoms with van der Waals surface area (Å²) in [6.07, 6.45) is 20.7. The normalized spacial score (nSPS) is 30.0. The molecule has 1 spiro atoms. The predicted octanol–water partition coefficient (Wildman–Crippen LogP) is 6.85. The molecule has 2 aliphatic carbocycles. The van der Waals surface area contributed by atoms with Crippen LogP contribution in [0.1, 0.15) is 139 Å². The number of hydrogen-bond acceptors (Lipinski definition) is 13.